The molecule has 0 fully saturated rings. The summed E-state index contributed by atoms with van der Waals surface area (Å²) in [7, 11) is -3.97. The summed E-state index contributed by atoms with van der Waals surface area (Å²) in [6.45, 7) is 7.51. The first kappa shape index (κ1) is 23.0. The van der Waals surface area contributed by atoms with Crippen LogP contribution in [0, 0.1) is 0 Å². The van der Waals surface area contributed by atoms with Gasteiger partial charge >= 0.3 is 5.97 Å². The van der Waals surface area contributed by atoms with E-state index in [1.54, 1.807) is 50.2 Å². The molecule has 0 saturated heterocycles. The van der Waals surface area contributed by atoms with E-state index >= 15 is 0 Å². The van der Waals surface area contributed by atoms with E-state index in [4.69, 9.17) is 16.3 Å². The molecule has 1 unspecified atom stereocenters. The smallest absolute Gasteiger partial charge is 0.338 e. The normalized spacial score (nSPS) is 12.5. The van der Waals surface area contributed by atoms with E-state index in [-0.39, 0.29) is 22.6 Å². The Morgan fingerprint density at radius 1 is 1.10 bits per heavy atom. The van der Waals surface area contributed by atoms with Gasteiger partial charge in [0.1, 0.15) is 4.90 Å². The van der Waals surface area contributed by atoms with Crippen molar-refractivity contribution in [3.05, 3.63) is 53.1 Å². The van der Waals surface area contributed by atoms with Crippen molar-refractivity contribution in [2.24, 2.45) is 0 Å². The Balaban J connectivity index is 2.44. The molecule has 0 saturated carbocycles. The van der Waals surface area contributed by atoms with Crippen molar-refractivity contribution in [2.75, 3.05) is 10.0 Å². The zero-order valence-electron chi connectivity index (χ0n) is 17.0. The maximum atomic E-state index is 13.1. The average molecular weight is 439 g/mol. The maximum absolute atomic E-state index is 13.1. The van der Waals surface area contributed by atoms with Gasteiger partial charge < -0.3 is 10.1 Å². The Kier molecular flexibility index (Phi) is 7.93. The Morgan fingerprint density at radius 3 is 2.34 bits per heavy atom. The summed E-state index contributed by atoms with van der Waals surface area (Å²) in [5.41, 5.74) is 0.967. The van der Waals surface area contributed by atoms with E-state index < -0.39 is 16.0 Å². The van der Waals surface area contributed by atoms with E-state index in [0.29, 0.717) is 16.4 Å². The second-order valence-electron chi connectivity index (χ2n) is 7.11. The van der Waals surface area contributed by atoms with Crippen molar-refractivity contribution in [3.63, 3.8) is 0 Å². The van der Waals surface area contributed by atoms with Crippen LogP contribution in [0.15, 0.2) is 47.4 Å². The molecule has 0 bridgehead atoms. The fourth-order valence-electron chi connectivity index (χ4n) is 2.77. The molecular formula is C21H27ClN2O4S. The van der Waals surface area contributed by atoms with Gasteiger partial charge in [0.25, 0.3) is 10.0 Å². The van der Waals surface area contributed by atoms with Gasteiger partial charge in [0.05, 0.1) is 17.4 Å². The highest BCUT2D eigenvalue weighted by molar-refractivity contribution is 7.92. The predicted octanol–water partition coefficient (Wildman–Crippen LogP) is 5.31. The zero-order valence-corrected chi connectivity index (χ0v) is 18.6. The summed E-state index contributed by atoms with van der Waals surface area (Å²) in [4.78, 5) is 12.3. The lowest BCUT2D eigenvalue weighted by Crippen LogP contribution is -2.21. The third-order valence-electron chi connectivity index (χ3n) is 4.07. The van der Waals surface area contributed by atoms with Crippen LogP contribution in [0.3, 0.4) is 0 Å². The molecule has 0 aromatic heterocycles. The maximum Gasteiger partial charge on any atom is 0.338 e. The molecular weight excluding hydrogens is 412 g/mol. The van der Waals surface area contributed by atoms with Gasteiger partial charge in [0.15, 0.2) is 0 Å². The molecule has 158 valence electrons. The van der Waals surface area contributed by atoms with Gasteiger partial charge in [-0.1, -0.05) is 24.9 Å². The Hall–Kier alpha value is -2.25. The van der Waals surface area contributed by atoms with Crippen LogP contribution in [0.5, 0.6) is 0 Å². The minimum absolute atomic E-state index is 0.0198. The standard InChI is InChI=1S/C21H27ClN2O4S/c1-5-6-15(4)23-19-12-7-16(21(25)28-14(2)3)13-20(19)29(26,27)24-18-10-8-17(22)9-11-18/h7-15,23-24H,5-6H2,1-4H3. The molecule has 0 aliphatic carbocycles. The number of benzene rings is 2. The molecule has 0 radical (unpaired) electrons. The topological polar surface area (TPSA) is 84.5 Å². The van der Waals surface area contributed by atoms with Gasteiger partial charge in [-0.2, -0.15) is 0 Å². The molecule has 2 aromatic carbocycles. The number of nitrogens with one attached hydrogen (secondary N) is 2. The number of carbonyl (C=O) groups is 1. The highest BCUT2D eigenvalue weighted by Gasteiger charge is 2.23. The van der Waals surface area contributed by atoms with Crippen molar-refractivity contribution in [1.29, 1.82) is 0 Å². The molecule has 8 heteroatoms. The van der Waals surface area contributed by atoms with E-state index in [1.165, 1.54) is 6.07 Å². The lowest BCUT2D eigenvalue weighted by molar-refractivity contribution is 0.0377. The number of carbonyl (C=O) groups excluding carboxylic acids is 1. The Labute approximate surface area is 177 Å². The number of halogens is 1. The first-order chi connectivity index (χ1) is 13.6. The lowest BCUT2D eigenvalue weighted by Gasteiger charge is -2.19. The van der Waals surface area contributed by atoms with Gasteiger partial charge in [0, 0.05) is 16.8 Å². The number of sulfonamides is 1. The first-order valence-corrected chi connectivity index (χ1v) is 11.4. The van der Waals surface area contributed by atoms with Crippen molar-refractivity contribution >= 4 is 39.0 Å². The zero-order chi connectivity index (χ0) is 21.6. The van der Waals surface area contributed by atoms with Gasteiger partial charge in [-0.25, -0.2) is 13.2 Å². The fraction of sp³-hybridized carbons (Fsp3) is 0.381. The predicted molar refractivity (Wildman–Crippen MR) is 117 cm³/mol. The Bertz CT molecular complexity index is 944. The summed E-state index contributed by atoms with van der Waals surface area (Å²) in [6.07, 6.45) is 1.52. The second-order valence-corrected chi connectivity index (χ2v) is 9.20. The van der Waals surface area contributed by atoms with E-state index in [0.717, 1.165) is 12.8 Å². The van der Waals surface area contributed by atoms with Crippen molar-refractivity contribution < 1.29 is 17.9 Å². The summed E-state index contributed by atoms with van der Waals surface area (Å²) >= 11 is 5.87. The van der Waals surface area contributed by atoms with E-state index in [9.17, 15) is 13.2 Å². The first-order valence-electron chi connectivity index (χ1n) is 9.52. The molecule has 2 N–H and O–H groups in total. The third kappa shape index (κ3) is 6.65. The number of anilines is 2. The van der Waals surface area contributed by atoms with Gasteiger partial charge in [-0.15, -0.1) is 0 Å². The molecule has 0 aliphatic rings. The van der Waals surface area contributed by atoms with E-state index in [1.807, 2.05) is 6.92 Å². The van der Waals surface area contributed by atoms with Gasteiger partial charge in [-0.3, -0.25) is 4.72 Å². The molecule has 0 amide bonds. The average Bonchev–Trinajstić information content (AvgIpc) is 2.63. The van der Waals surface area contributed by atoms with Gasteiger partial charge in [-0.05, 0) is 69.7 Å². The van der Waals surface area contributed by atoms with Crippen LogP contribution in [0.25, 0.3) is 0 Å². The molecule has 2 rings (SSSR count). The van der Waals surface area contributed by atoms with Crippen LogP contribution >= 0.6 is 11.6 Å². The summed E-state index contributed by atoms with van der Waals surface area (Å²) in [5.74, 6) is -0.573. The van der Waals surface area contributed by atoms with Crippen LogP contribution in [-0.2, 0) is 14.8 Å². The molecule has 0 spiro atoms. The molecule has 1 atom stereocenters. The van der Waals surface area contributed by atoms with Crippen LogP contribution in [0.2, 0.25) is 5.02 Å². The third-order valence-corrected chi connectivity index (χ3v) is 5.74. The number of esters is 1. The highest BCUT2D eigenvalue weighted by Crippen LogP contribution is 2.27. The molecule has 6 nitrogen and oxygen atoms in total. The fourth-order valence-corrected chi connectivity index (χ4v) is 4.15. The van der Waals surface area contributed by atoms with Crippen molar-refractivity contribution in [3.8, 4) is 0 Å². The molecule has 0 heterocycles. The minimum atomic E-state index is -3.97. The number of hydrogen-bond acceptors (Lipinski definition) is 5. The van der Waals surface area contributed by atoms with Crippen LogP contribution in [0.4, 0.5) is 11.4 Å². The molecule has 2 aromatic rings. The number of rotatable bonds is 9. The van der Waals surface area contributed by atoms with Crippen LogP contribution in [0.1, 0.15) is 50.9 Å². The van der Waals surface area contributed by atoms with Crippen LogP contribution < -0.4 is 10.0 Å². The highest BCUT2D eigenvalue weighted by atomic mass is 35.5. The van der Waals surface area contributed by atoms with Crippen molar-refractivity contribution in [2.45, 2.75) is 57.6 Å². The number of ether oxygens (including phenoxy) is 1. The SMILES string of the molecule is CCCC(C)Nc1ccc(C(=O)OC(C)C)cc1S(=O)(=O)Nc1ccc(Cl)cc1. The minimum Gasteiger partial charge on any atom is -0.459 e. The van der Waals surface area contributed by atoms with Gasteiger partial charge in [0.2, 0.25) is 0 Å². The molecule has 29 heavy (non-hydrogen) atoms. The lowest BCUT2D eigenvalue weighted by atomic mass is 10.1. The summed E-state index contributed by atoms with van der Waals surface area (Å²) < 4.78 is 34.0. The monoisotopic (exact) mass is 438 g/mol. The molecule has 0 aliphatic heterocycles. The van der Waals surface area contributed by atoms with Crippen molar-refractivity contribution in [1.82, 2.24) is 0 Å². The summed E-state index contributed by atoms with van der Waals surface area (Å²) in [5, 5.41) is 3.73. The Morgan fingerprint density at radius 2 is 1.76 bits per heavy atom. The second kappa shape index (κ2) is 9.98. The number of hydrogen-bond donors (Lipinski definition) is 2. The largest absolute Gasteiger partial charge is 0.459 e. The van der Waals surface area contributed by atoms with E-state index in [2.05, 4.69) is 17.0 Å². The van der Waals surface area contributed by atoms with Crippen LogP contribution in [-0.4, -0.2) is 26.5 Å². The summed E-state index contributed by atoms with van der Waals surface area (Å²) in [6, 6.07) is 10.9. The quantitative estimate of drug-likeness (QED) is 0.518.